The molecule has 1 atom stereocenters. The van der Waals surface area contributed by atoms with Gasteiger partial charge in [0.25, 0.3) is 0 Å². The molecule has 10 heteroatoms. The number of hydrogen-bond donors (Lipinski definition) is 1. The van der Waals surface area contributed by atoms with Gasteiger partial charge in [-0.15, -0.1) is 0 Å². The van der Waals surface area contributed by atoms with Crippen LogP contribution >= 0.6 is 69.6 Å². The van der Waals surface area contributed by atoms with Gasteiger partial charge in [-0.3, -0.25) is 0 Å². The van der Waals surface area contributed by atoms with Crippen LogP contribution in [0.1, 0.15) is 5.56 Å². The monoisotopic (exact) mass is 447 g/mol. The summed E-state index contributed by atoms with van der Waals surface area (Å²) in [5.41, 5.74) is -0.761. The van der Waals surface area contributed by atoms with Crippen molar-refractivity contribution >= 4 is 87.9 Å². The van der Waals surface area contributed by atoms with Gasteiger partial charge in [0.05, 0.1) is 7.11 Å². The Balaban J connectivity index is 2.43. The minimum absolute atomic E-state index is 0.0153. The number of hydrogen-bond acceptors (Lipinski definition) is 4. The second-order valence-corrected chi connectivity index (χ2v) is 9.25. The average molecular weight is 450 g/mol. The molecule has 0 fully saturated rings. The van der Waals surface area contributed by atoms with Gasteiger partial charge >= 0.3 is 0 Å². The maximum atomic E-state index is 6.11. The van der Waals surface area contributed by atoms with Crippen molar-refractivity contribution in [3.63, 3.8) is 0 Å². The zero-order chi connectivity index (χ0) is 18.0. The molecule has 0 spiro atoms. The fourth-order valence-electron chi connectivity index (χ4n) is 1.90. The van der Waals surface area contributed by atoms with Gasteiger partial charge in [-0.1, -0.05) is 93.9 Å². The summed E-state index contributed by atoms with van der Waals surface area (Å²) in [5.74, 6) is 0.627. The molecule has 1 aliphatic heterocycles. The molecule has 0 radical (unpaired) electrons. The van der Waals surface area contributed by atoms with Crippen molar-refractivity contribution < 1.29 is 4.74 Å². The van der Waals surface area contributed by atoms with E-state index in [0.717, 1.165) is 5.56 Å². The smallest absolute Gasteiger partial charge is 0.247 e. The molecular weight excluding hydrogens is 439 g/mol. The number of aliphatic imine (C=N–C) groups is 2. The second kappa shape index (κ2) is 7.48. The SMILES string of the molecule is COc1ccccc1/C=C/C1(C(Cl)(Cl)Cl)N=CN=C(C(Cl)(Cl)Cl)N1. The standard InChI is InChI=1S/C14H11Cl6N3O/c1-24-10-5-3-2-4-9(10)6-7-12(14(18,19)20)22-8-21-11(23-12)13(15,16)17/h2-8H,1H3,(H,21,22,23)/b7-6+. The fraction of sp³-hybridized carbons (Fsp3) is 0.286. The van der Waals surface area contributed by atoms with E-state index in [4.69, 9.17) is 74.3 Å². The van der Waals surface area contributed by atoms with Crippen LogP contribution < -0.4 is 10.1 Å². The highest BCUT2D eigenvalue weighted by atomic mass is 35.6. The Bertz CT molecular complexity index is 692. The molecule has 4 nitrogen and oxygen atoms in total. The van der Waals surface area contributed by atoms with Crippen LogP contribution in [0.25, 0.3) is 6.08 Å². The number of benzene rings is 1. The molecule has 0 amide bonds. The van der Waals surface area contributed by atoms with Crippen LogP contribution in [0.3, 0.4) is 0 Å². The van der Waals surface area contributed by atoms with Gasteiger partial charge < -0.3 is 10.1 Å². The molecule has 0 aliphatic carbocycles. The molecule has 130 valence electrons. The molecule has 0 bridgehead atoms. The molecular formula is C14H11Cl6N3O. The maximum Gasteiger partial charge on any atom is 0.247 e. The average Bonchev–Trinajstić information content (AvgIpc) is 2.51. The molecule has 1 heterocycles. The normalized spacial score (nSPS) is 21.5. The topological polar surface area (TPSA) is 46.0 Å². The lowest BCUT2D eigenvalue weighted by molar-refractivity contribution is 0.413. The van der Waals surface area contributed by atoms with Gasteiger partial charge in [0.1, 0.15) is 12.1 Å². The number of methoxy groups -OCH3 is 1. The third kappa shape index (κ3) is 4.43. The summed E-state index contributed by atoms with van der Waals surface area (Å²) in [6.45, 7) is 0. The molecule has 0 saturated carbocycles. The summed E-state index contributed by atoms with van der Waals surface area (Å²) < 4.78 is 1.57. The Morgan fingerprint density at radius 2 is 1.79 bits per heavy atom. The minimum Gasteiger partial charge on any atom is -0.496 e. The van der Waals surface area contributed by atoms with E-state index in [1.807, 2.05) is 18.2 Å². The third-order valence-electron chi connectivity index (χ3n) is 3.10. The van der Waals surface area contributed by atoms with E-state index < -0.39 is 13.2 Å². The quantitative estimate of drug-likeness (QED) is 0.646. The summed E-state index contributed by atoms with van der Waals surface area (Å²) in [4.78, 5) is 8.03. The van der Waals surface area contributed by atoms with Gasteiger partial charge in [-0.2, -0.15) is 0 Å². The Labute approximate surface area is 169 Å². The van der Waals surface area contributed by atoms with Gasteiger partial charge in [0.15, 0.2) is 11.5 Å². The van der Waals surface area contributed by atoms with E-state index in [1.54, 1.807) is 25.3 Å². The second-order valence-electron chi connectivity index (χ2n) is 4.68. The van der Waals surface area contributed by atoms with Crippen molar-refractivity contribution in [2.45, 2.75) is 13.2 Å². The first-order chi connectivity index (χ1) is 11.1. The van der Waals surface area contributed by atoms with Crippen LogP contribution in [0.15, 0.2) is 40.3 Å². The fourth-order valence-corrected chi connectivity index (χ4v) is 2.67. The molecule has 2 rings (SSSR count). The summed E-state index contributed by atoms with van der Waals surface area (Å²) in [6, 6.07) is 7.31. The van der Waals surface area contributed by atoms with Gasteiger partial charge in [-0.25, -0.2) is 9.98 Å². The first kappa shape index (κ1) is 20.0. The molecule has 1 aliphatic rings. The van der Waals surface area contributed by atoms with Crippen LogP contribution in [0.2, 0.25) is 0 Å². The number of para-hydroxylation sites is 1. The number of rotatable bonds is 3. The van der Waals surface area contributed by atoms with E-state index in [-0.39, 0.29) is 5.84 Å². The van der Waals surface area contributed by atoms with Crippen LogP contribution in [0, 0.1) is 0 Å². The Morgan fingerprint density at radius 1 is 1.12 bits per heavy atom. The molecule has 0 saturated heterocycles. The van der Waals surface area contributed by atoms with Crippen LogP contribution in [-0.4, -0.2) is 32.5 Å². The number of halogens is 6. The Kier molecular flexibility index (Phi) is 6.22. The van der Waals surface area contributed by atoms with E-state index in [0.29, 0.717) is 5.75 Å². The highest BCUT2D eigenvalue weighted by Gasteiger charge is 2.50. The van der Waals surface area contributed by atoms with E-state index >= 15 is 0 Å². The summed E-state index contributed by atoms with van der Waals surface area (Å²) in [5, 5.41) is 2.79. The molecule has 1 aromatic carbocycles. The lowest BCUT2D eigenvalue weighted by Gasteiger charge is -2.38. The van der Waals surface area contributed by atoms with Gasteiger partial charge in [-0.05, 0) is 12.1 Å². The lowest BCUT2D eigenvalue weighted by Crippen LogP contribution is -2.58. The van der Waals surface area contributed by atoms with Crippen molar-refractivity contribution in [1.82, 2.24) is 5.32 Å². The van der Waals surface area contributed by atoms with Crippen molar-refractivity contribution in [3.05, 3.63) is 35.9 Å². The zero-order valence-corrected chi connectivity index (χ0v) is 16.6. The van der Waals surface area contributed by atoms with Gasteiger partial charge in [0, 0.05) is 5.56 Å². The number of alkyl halides is 6. The Morgan fingerprint density at radius 3 is 2.38 bits per heavy atom. The molecule has 24 heavy (non-hydrogen) atoms. The Hall–Kier alpha value is -0.360. The first-order valence-corrected chi connectivity index (χ1v) is 8.72. The predicted molar refractivity (Wildman–Crippen MR) is 104 cm³/mol. The number of ether oxygens (including phenoxy) is 1. The highest BCUT2D eigenvalue weighted by molar-refractivity contribution is 6.77. The summed E-state index contributed by atoms with van der Waals surface area (Å²) in [6.07, 6.45) is 4.40. The molecule has 0 aromatic heterocycles. The van der Waals surface area contributed by atoms with Crippen molar-refractivity contribution in [3.8, 4) is 5.75 Å². The molecule has 1 aromatic rings. The molecule has 1 unspecified atom stereocenters. The lowest BCUT2D eigenvalue weighted by atomic mass is 10.1. The third-order valence-corrected chi connectivity index (χ3v) is 4.50. The number of nitrogens with zero attached hydrogens (tertiary/aromatic N) is 2. The zero-order valence-electron chi connectivity index (χ0n) is 12.1. The largest absolute Gasteiger partial charge is 0.496 e. The van der Waals surface area contributed by atoms with Gasteiger partial charge in [0.2, 0.25) is 7.59 Å². The van der Waals surface area contributed by atoms with Crippen molar-refractivity contribution in [1.29, 1.82) is 0 Å². The van der Waals surface area contributed by atoms with Crippen LogP contribution in [0.4, 0.5) is 0 Å². The van der Waals surface area contributed by atoms with E-state index in [9.17, 15) is 0 Å². The van der Waals surface area contributed by atoms with E-state index in [2.05, 4.69) is 15.3 Å². The molecule has 1 N–H and O–H groups in total. The van der Waals surface area contributed by atoms with Crippen LogP contribution in [-0.2, 0) is 0 Å². The van der Waals surface area contributed by atoms with Crippen LogP contribution in [0.5, 0.6) is 5.75 Å². The highest BCUT2D eigenvalue weighted by Crippen LogP contribution is 2.43. The predicted octanol–water partition coefficient (Wildman–Crippen LogP) is 5.18. The minimum atomic E-state index is -1.89. The summed E-state index contributed by atoms with van der Waals surface area (Å²) in [7, 11) is 1.56. The first-order valence-electron chi connectivity index (χ1n) is 6.45. The number of amidine groups is 1. The van der Waals surface area contributed by atoms with Crippen molar-refractivity contribution in [2.75, 3.05) is 7.11 Å². The maximum absolute atomic E-state index is 6.11. The number of nitrogens with one attached hydrogen (secondary N) is 1. The summed E-state index contributed by atoms with van der Waals surface area (Å²) >= 11 is 35.9. The van der Waals surface area contributed by atoms with E-state index in [1.165, 1.54) is 6.34 Å². The van der Waals surface area contributed by atoms with Crippen molar-refractivity contribution in [2.24, 2.45) is 9.98 Å².